The van der Waals surface area contributed by atoms with Gasteiger partial charge >= 0.3 is 0 Å². The molecular weight excluding hydrogens is 317 g/mol. The lowest BCUT2D eigenvalue weighted by molar-refractivity contribution is 0.581. The van der Waals surface area contributed by atoms with E-state index in [1.54, 1.807) is 18.5 Å². The van der Waals surface area contributed by atoms with Crippen LogP contribution in [0.5, 0.6) is 0 Å². The van der Waals surface area contributed by atoms with Gasteiger partial charge in [0.25, 0.3) is 0 Å². The maximum Gasteiger partial charge on any atom is 0.242 e. The van der Waals surface area contributed by atoms with Crippen LogP contribution in [-0.4, -0.2) is 19.9 Å². The molecule has 2 aromatic rings. The Hall–Kier alpha value is -1.70. The minimum absolute atomic E-state index is 0.168. The van der Waals surface area contributed by atoms with Crippen molar-refractivity contribution in [3.8, 4) is 0 Å². The minimum Gasteiger partial charge on any atom is -0.396 e. The molecule has 112 valence electrons. The van der Waals surface area contributed by atoms with Gasteiger partial charge in [0.1, 0.15) is 10.7 Å². The Bertz CT molecular complexity index is 739. The molecule has 8 heteroatoms. The highest BCUT2D eigenvalue weighted by atomic mass is 35.5. The van der Waals surface area contributed by atoms with Crippen molar-refractivity contribution in [2.24, 2.45) is 0 Å². The van der Waals surface area contributed by atoms with Gasteiger partial charge in [-0.05, 0) is 30.2 Å². The van der Waals surface area contributed by atoms with Crippen molar-refractivity contribution < 1.29 is 12.8 Å². The van der Waals surface area contributed by atoms with Crippen LogP contribution in [0.3, 0.4) is 0 Å². The first-order chi connectivity index (χ1) is 9.90. The number of nitrogens with one attached hydrogen (secondary N) is 1. The summed E-state index contributed by atoms with van der Waals surface area (Å²) in [5, 5.41) is -0.212. The van der Waals surface area contributed by atoms with Crippen LogP contribution in [0, 0.1) is 5.82 Å². The molecule has 0 saturated carbocycles. The molecule has 1 aromatic heterocycles. The fraction of sp³-hybridized carbons (Fsp3) is 0.154. The number of hydrogen-bond acceptors (Lipinski definition) is 4. The molecular formula is C13H13ClFN3O2S. The summed E-state index contributed by atoms with van der Waals surface area (Å²) in [5.41, 5.74) is 5.99. The highest BCUT2D eigenvalue weighted by molar-refractivity contribution is 7.89. The summed E-state index contributed by atoms with van der Waals surface area (Å²) in [7, 11) is -3.85. The summed E-state index contributed by atoms with van der Waals surface area (Å²) >= 11 is 5.76. The molecule has 1 aromatic carbocycles. The number of rotatable bonds is 5. The Balaban J connectivity index is 2.10. The van der Waals surface area contributed by atoms with Crippen LogP contribution in [-0.2, 0) is 16.4 Å². The first-order valence-corrected chi connectivity index (χ1v) is 7.89. The summed E-state index contributed by atoms with van der Waals surface area (Å²) in [5.74, 6) is -0.755. The highest BCUT2D eigenvalue weighted by Gasteiger charge is 2.19. The Morgan fingerprint density at radius 1 is 1.38 bits per heavy atom. The molecule has 0 saturated heterocycles. The molecule has 0 aliphatic heterocycles. The van der Waals surface area contributed by atoms with Gasteiger partial charge in [-0.1, -0.05) is 17.7 Å². The van der Waals surface area contributed by atoms with E-state index in [1.165, 1.54) is 0 Å². The fourth-order valence-electron chi connectivity index (χ4n) is 1.70. The zero-order valence-electron chi connectivity index (χ0n) is 10.9. The number of nitrogen functional groups attached to an aromatic ring is 1. The van der Waals surface area contributed by atoms with Crippen LogP contribution in [0.1, 0.15) is 5.56 Å². The summed E-state index contributed by atoms with van der Waals surface area (Å²) in [6.45, 7) is 0.168. The van der Waals surface area contributed by atoms with Crippen LogP contribution in [0.15, 0.2) is 41.6 Å². The third-order valence-corrected chi connectivity index (χ3v) is 4.69. The lowest BCUT2D eigenvalue weighted by Crippen LogP contribution is -2.26. The summed E-state index contributed by atoms with van der Waals surface area (Å²) in [6, 6.07) is 5.49. The average Bonchev–Trinajstić information content (AvgIpc) is 2.43. The lowest BCUT2D eigenvalue weighted by Gasteiger charge is -2.09. The van der Waals surface area contributed by atoms with Crippen LogP contribution in [0.25, 0.3) is 0 Å². The van der Waals surface area contributed by atoms with Gasteiger partial charge in [-0.2, -0.15) is 0 Å². The molecule has 2 rings (SSSR count). The van der Waals surface area contributed by atoms with Gasteiger partial charge in [-0.3, -0.25) is 4.98 Å². The maximum absolute atomic E-state index is 13.2. The first-order valence-electron chi connectivity index (χ1n) is 6.03. The molecule has 0 unspecified atom stereocenters. The molecule has 21 heavy (non-hydrogen) atoms. The van der Waals surface area contributed by atoms with Gasteiger partial charge in [0.05, 0.1) is 10.7 Å². The van der Waals surface area contributed by atoms with E-state index in [1.807, 2.05) is 6.07 Å². The molecule has 0 spiro atoms. The second kappa shape index (κ2) is 6.38. The molecule has 5 nitrogen and oxygen atoms in total. The second-order valence-electron chi connectivity index (χ2n) is 4.31. The van der Waals surface area contributed by atoms with Crippen molar-refractivity contribution in [3.63, 3.8) is 0 Å². The van der Waals surface area contributed by atoms with Crippen LogP contribution < -0.4 is 10.5 Å². The van der Waals surface area contributed by atoms with Gasteiger partial charge in [0.2, 0.25) is 10.0 Å². The second-order valence-corrected chi connectivity index (χ2v) is 6.46. The van der Waals surface area contributed by atoms with Gasteiger partial charge in [-0.25, -0.2) is 17.5 Å². The van der Waals surface area contributed by atoms with Crippen molar-refractivity contribution in [3.05, 3.63) is 53.1 Å². The molecule has 3 N–H and O–H groups in total. The molecule has 0 aliphatic carbocycles. The van der Waals surface area contributed by atoms with Crippen molar-refractivity contribution >= 4 is 27.3 Å². The Labute approximate surface area is 127 Å². The fourth-order valence-corrected chi connectivity index (χ4v) is 3.28. The van der Waals surface area contributed by atoms with Gasteiger partial charge in [0.15, 0.2) is 0 Å². The standard InChI is InChI=1S/C13H13ClFN3O2S/c14-10-6-11(15)12(16)7-13(10)21(19,20)18-5-3-9-2-1-4-17-8-9/h1-2,4,6-8,18H,3,5,16H2. The summed E-state index contributed by atoms with van der Waals surface area (Å²) < 4.78 is 39.8. The Morgan fingerprint density at radius 3 is 2.81 bits per heavy atom. The zero-order valence-corrected chi connectivity index (χ0v) is 12.5. The van der Waals surface area contributed by atoms with E-state index in [-0.39, 0.29) is 22.2 Å². The number of nitrogens with zero attached hydrogens (tertiary/aromatic N) is 1. The van der Waals surface area contributed by atoms with Gasteiger partial charge < -0.3 is 5.73 Å². The number of halogens is 2. The summed E-state index contributed by atoms with van der Waals surface area (Å²) in [6.07, 6.45) is 3.76. The van der Waals surface area contributed by atoms with Crippen molar-refractivity contribution in [2.75, 3.05) is 12.3 Å². The topological polar surface area (TPSA) is 85.1 Å². The lowest BCUT2D eigenvalue weighted by atomic mass is 10.2. The molecule has 0 aliphatic rings. The van der Waals surface area contributed by atoms with Crippen LogP contribution in [0.4, 0.5) is 10.1 Å². The SMILES string of the molecule is Nc1cc(S(=O)(=O)NCCc2cccnc2)c(Cl)cc1F. The quantitative estimate of drug-likeness (QED) is 0.821. The van der Waals surface area contributed by atoms with Crippen molar-refractivity contribution in [2.45, 2.75) is 11.3 Å². The van der Waals surface area contributed by atoms with Gasteiger partial charge in [0, 0.05) is 18.9 Å². The Kier molecular flexibility index (Phi) is 4.76. The number of sulfonamides is 1. The maximum atomic E-state index is 13.2. The van der Waals surface area contributed by atoms with Crippen molar-refractivity contribution in [1.29, 1.82) is 0 Å². The van der Waals surface area contributed by atoms with E-state index < -0.39 is 15.8 Å². The first kappa shape index (κ1) is 15.7. The number of hydrogen-bond donors (Lipinski definition) is 2. The smallest absolute Gasteiger partial charge is 0.242 e. The highest BCUT2D eigenvalue weighted by Crippen LogP contribution is 2.26. The number of anilines is 1. The van der Waals surface area contributed by atoms with E-state index in [0.717, 1.165) is 17.7 Å². The molecule has 0 atom stereocenters. The molecule has 0 radical (unpaired) electrons. The molecule has 0 bridgehead atoms. The third kappa shape index (κ3) is 3.90. The predicted molar refractivity (Wildman–Crippen MR) is 79.0 cm³/mol. The zero-order chi connectivity index (χ0) is 15.5. The Morgan fingerprint density at radius 2 is 2.14 bits per heavy atom. The third-order valence-electron chi connectivity index (χ3n) is 2.77. The average molecular weight is 330 g/mol. The predicted octanol–water partition coefficient (Wildman–Crippen LogP) is 1.98. The number of benzene rings is 1. The van der Waals surface area contributed by atoms with Crippen LogP contribution in [0.2, 0.25) is 5.02 Å². The molecule has 1 heterocycles. The molecule has 0 fully saturated rings. The van der Waals surface area contributed by atoms with E-state index >= 15 is 0 Å². The minimum atomic E-state index is -3.85. The van der Waals surface area contributed by atoms with E-state index in [2.05, 4.69) is 9.71 Å². The normalized spacial score (nSPS) is 11.5. The monoisotopic (exact) mass is 329 g/mol. The van der Waals surface area contributed by atoms with Crippen LogP contribution >= 0.6 is 11.6 Å². The number of pyridine rings is 1. The number of nitrogens with two attached hydrogens (primary N) is 1. The van der Waals surface area contributed by atoms with E-state index in [0.29, 0.717) is 6.42 Å². The van der Waals surface area contributed by atoms with E-state index in [9.17, 15) is 12.8 Å². The largest absolute Gasteiger partial charge is 0.396 e. The van der Waals surface area contributed by atoms with Gasteiger partial charge in [-0.15, -0.1) is 0 Å². The summed E-state index contributed by atoms with van der Waals surface area (Å²) in [4.78, 5) is 3.70. The number of aromatic nitrogens is 1. The molecule has 0 amide bonds. The van der Waals surface area contributed by atoms with Crippen molar-refractivity contribution in [1.82, 2.24) is 9.71 Å². The van der Waals surface area contributed by atoms with E-state index in [4.69, 9.17) is 17.3 Å².